The molecule has 2 heteroatoms. The number of hydrogen-bond acceptors (Lipinski definition) is 1. The molecule has 1 rings (SSSR count). The standard InChI is InChI=1S/C9H14OSi/c1-8-4-2-3-5-9(8)6-7-10-11/h2-5H,6-7H2,1,11H3. The summed E-state index contributed by atoms with van der Waals surface area (Å²) in [6.07, 6.45) is 1.05. The molecule has 0 radical (unpaired) electrons. The molecule has 60 valence electrons. The summed E-state index contributed by atoms with van der Waals surface area (Å²) in [6, 6.07) is 8.45. The van der Waals surface area contributed by atoms with E-state index in [9.17, 15) is 0 Å². The van der Waals surface area contributed by atoms with Crippen LogP contribution in [0.25, 0.3) is 0 Å². The van der Waals surface area contributed by atoms with Gasteiger partial charge in [0.1, 0.15) is 10.5 Å². The summed E-state index contributed by atoms with van der Waals surface area (Å²) in [7, 11) is 0.848. The minimum absolute atomic E-state index is 0.848. The summed E-state index contributed by atoms with van der Waals surface area (Å²) < 4.78 is 5.14. The lowest BCUT2D eigenvalue weighted by atomic mass is 10.1. The summed E-state index contributed by atoms with van der Waals surface area (Å²) in [4.78, 5) is 0. The van der Waals surface area contributed by atoms with Gasteiger partial charge in [-0.15, -0.1) is 0 Å². The molecule has 1 aromatic rings. The van der Waals surface area contributed by atoms with Gasteiger partial charge in [0.05, 0.1) is 0 Å². The Balaban J connectivity index is 2.62. The molecule has 0 heterocycles. The third-order valence-corrected chi connectivity index (χ3v) is 2.25. The predicted molar refractivity (Wildman–Crippen MR) is 50.8 cm³/mol. The average molecular weight is 166 g/mol. The van der Waals surface area contributed by atoms with E-state index in [1.165, 1.54) is 11.1 Å². The fraction of sp³-hybridized carbons (Fsp3) is 0.333. The van der Waals surface area contributed by atoms with Crippen molar-refractivity contribution in [2.75, 3.05) is 6.61 Å². The van der Waals surface area contributed by atoms with E-state index in [1.807, 2.05) is 0 Å². The van der Waals surface area contributed by atoms with Crippen LogP contribution < -0.4 is 0 Å². The van der Waals surface area contributed by atoms with E-state index in [4.69, 9.17) is 4.43 Å². The third-order valence-electron chi connectivity index (χ3n) is 1.84. The topological polar surface area (TPSA) is 9.23 Å². The van der Waals surface area contributed by atoms with Gasteiger partial charge in [0.25, 0.3) is 0 Å². The maximum absolute atomic E-state index is 5.14. The molecule has 0 amide bonds. The second-order valence-corrected chi connectivity index (χ2v) is 3.25. The van der Waals surface area contributed by atoms with Gasteiger partial charge < -0.3 is 4.43 Å². The zero-order valence-corrected chi connectivity index (χ0v) is 9.13. The van der Waals surface area contributed by atoms with Crippen LogP contribution in [-0.2, 0) is 10.8 Å². The molecule has 0 atom stereocenters. The number of aryl methyl sites for hydroxylation is 1. The molecule has 0 unspecified atom stereocenters. The summed E-state index contributed by atoms with van der Waals surface area (Å²) in [5, 5.41) is 0. The highest BCUT2D eigenvalue weighted by atomic mass is 28.2. The summed E-state index contributed by atoms with van der Waals surface area (Å²) >= 11 is 0. The lowest BCUT2D eigenvalue weighted by Crippen LogP contribution is -1.96. The highest BCUT2D eigenvalue weighted by Crippen LogP contribution is 2.06. The number of hydrogen-bond donors (Lipinski definition) is 0. The maximum Gasteiger partial charge on any atom is 0.145 e. The molecule has 0 aromatic heterocycles. The van der Waals surface area contributed by atoms with Crippen LogP contribution in [0.15, 0.2) is 24.3 Å². The van der Waals surface area contributed by atoms with Crippen molar-refractivity contribution in [3.63, 3.8) is 0 Å². The number of rotatable bonds is 3. The Morgan fingerprint density at radius 3 is 2.73 bits per heavy atom. The van der Waals surface area contributed by atoms with Crippen molar-refractivity contribution in [3.8, 4) is 0 Å². The molecule has 0 bridgehead atoms. The minimum atomic E-state index is 0.848. The van der Waals surface area contributed by atoms with Gasteiger partial charge in [0, 0.05) is 6.61 Å². The first kappa shape index (κ1) is 8.49. The second-order valence-electron chi connectivity index (χ2n) is 2.67. The second kappa shape index (κ2) is 4.31. The Morgan fingerprint density at radius 1 is 1.36 bits per heavy atom. The molecule has 0 saturated carbocycles. The summed E-state index contributed by atoms with van der Waals surface area (Å²) in [6.45, 7) is 3.01. The van der Waals surface area contributed by atoms with Gasteiger partial charge in [-0.2, -0.15) is 0 Å². The molecule has 0 fully saturated rings. The van der Waals surface area contributed by atoms with Crippen molar-refractivity contribution >= 4 is 10.5 Å². The highest BCUT2D eigenvalue weighted by molar-refractivity contribution is 5.97. The molecule has 11 heavy (non-hydrogen) atoms. The zero-order chi connectivity index (χ0) is 8.10. The summed E-state index contributed by atoms with van der Waals surface area (Å²) in [5.41, 5.74) is 2.77. The van der Waals surface area contributed by atoms with Gasteiger partial charge in [-0.25, -0.2) is 0 Å². The Labute approximate surface area is 70.9 Å². The van der Waals surface area contributed by atoms with Gasteiger partial charge >= 0.3 is 0 Å². The molecular formula is C9H14OSi. The van der Waals surface area contributed by atoms with E-state index < -0.39 is 0 Å². The van der Waals surface area contributed by atoms with Crippen molar-refractivity contribution in [2.24, 2.45) is 0 Å². The third kappa shape index (κ3) is 2.48. The summed E-state index contributed by atoms with van der Waals surface area (Å²) in [5.74, 6) is 0. The normalized spacial score (nSPS) is 10.3. The Hall–Kier alpha value is -0.603. The van der Waals surface area contributed by atoms with Crippen molar-refractivity contribution in [3.05, 3.63) is 35.4 Å². The van der Waals surface area contributed by atoms with E-state index in [0.717, 1.165) is 23.5 Å². The molecular weight excluding hydrogens is 152 g/mol. The molecule has 0 N–H and O–H groups in total. The van der Waals surface area contributed by atoms with Crippen LogP contribution in [0.3, 0.4) is 0 Å². The van der Waals surface area contributed by atoms with Crippen LogP contribution in [0.5, 0.6) is 0 Å². The van der Waals surface area contributed by atoms with E-state index >= 15 is 0 Å². The lowest BCUT2D eigenvalue weighted by Gasteiger charge is -2.03. The quantitative estimate of drug-likeness (QED) is 0.605. The highest BCUT2D eigenvalue weighted by Gasteiger charge is 1.94. The minimum Gasteiger partial charge on any atom is -0.428 e. The van der Waals surface area contributed by atoms with Crippen LogP contribution >= 0.6 is 0 Å². The first-order chi connectivity index (χ1) is 5.34. The van der Waals surface area contributed by atoms with Crippen LogP contribution in [0.2, 0.25) is 0 Å². The lowest BCUT2D eigenvalue weighted by molar-refractivity contribution is 0.354. The largest absolute Gasteiger partial charge is 0.428 e. The Morgan fingerprint density at radius 2 is 2.09 bits per heavy atom. The van der Waals surface area contributed by atoms with Crippen molar-refractivity contribution in [1.82, 2.24) is 0 Å². The van der Waals surface area contributed by atoms with Gasteiger partial charge in [-0.1, -0.05) is 24.3 Å². The molecule has 1 nitrogen and oxygen atoms in total. The molecule has 0 aliphatic rings. The van der Waals surface area contributed by atoms with Crippen LogP contribution in [0, 0.1) is 6.92 Å². The molecule has 0 saturated heterocycles. The molecule has 1 aromatic carbocycles. The fourth-order valence-electron chi connectivity index (χ4n) is 1.10. The first-order valence-electron chi connectivity index (χ1n) is 3.88. The zero-order valence-electron chi connectivity index (χ0n) is 7.13. The average Bonchev–Trinajstić information content (AvgIpc) is 2.03. The van der Waals surface area contributed by atoms with Crippen LogP contribution in [0.4, 0.5) is 0 Å². The van der Waals surface area contributed by atoms with Crippen molar-refractivity contribution in [2.45, 2.75) is 13.3 Å². The molecule has 0 spiro atoms. The van der Waals surface area contributed by atoms with Crippen molar-refractivity contribution in [1.29, 1.82) is 0 Å². The fourth-order valence-corrected chi connectivity index (χ4v) is 1.31. The maximum atomic E-state index is 5.14. The van der Waals surface area contributed by atoms with E-state index in [-0.39, 0.29) is 0 Å². The van der Waals surface area contributed by atoms with Gasteiger partial charge in [0.2, 0.25) is 0 Å². The molecule has 0 aliphatic heterocycles. The van der Waals surface area contributed by atoms with Crippen LogP contribution in [-0.4, -0.2) is 17.1 Å². The SMILES string of the molecule is Cc1ccccc1CCO[SiH3]. The predicted octanol–water partition coefficient (Wildman–Crippen LogP) is 0.835. The van der Waals surface area contributed by atoms with Crippen molar-refractivity contribution < 1.29 is 4.43 Å². The smallest absolute Gasteiger partial charge is 0.145 e. The van der Waals surface area contributed by atoms with Gasteiger partial charge in [0.15, 0.2) is 0 Å². The monoisotopic (exact) mass is 166 g/mol. The Bertz CT molecular complexity index is 223. The van der Waals surface area contributed by atoms with Gasteiger partial charge in [-0.05, 0) is 24.5 Å². The first-order valence-corrected chi connectivity index (χ1v) is 4.69. The molecule has 0 aliphatic carbocycles. The van der Waals surface area contributed by atoms with E-state index in [2.05, 4.69) is 31.2 Å². The Kier molecular flexibility index (Phi) is 3.33. The van der Waals surface area contributed by atoms with Gasteiger partial charge in [-0.3, -0.25) is 0 Å². The van der Waals surface area contributed by atoms with Crippen LogP contribution in [0.1, 0.15) is 11.1 Å². The van der Waals surface area contributed by atoms with E-state index in [1.54, 1.807) is 0 Å². The van der Waals surface area contributed by atoms with E-state index in [0.29, 0.717) is 0 Å². The number of benzene rings is 1.